The minimum atomic E-state index is -0.0218. The molecule has 0 aromatic carbocycles. The Kier molecular flexibility index (Phi) is 11.5. The lowest BCUT2D eigenvalue weighted by Gasteiger charge is -2.01. The second-order valence-corrected chi connectivity index (χ2v) is 5.61. The highest BCUT2D eigenvalue weighted by Gasteiger charge is 2.09. The van der Waals surface area contributed by atoms with E-state index in [1.807, 2.05) is 18.2 Å². The van der Waals surface area contributed by atoms with E-state index in [1.165, 1.54) is 11.3 Å². The Balaban J connectivity index is 0.00000242. The standard InChI is InChI=1S/C14H19N5OS.2ClH/c15-9-5-2-1-3-8-12(20)17-14-19-18-13(21-14)11-7-4-6-10-16-11;;/h4,6-7,10H,1-3,5,8-9,15H2,(H,17,19,20);2*1H. The van der Waals surface area contributed by atoms with Crippen molar-refractivity contribution in [3.05, 3.63) is 24.4 Å². The molecule has 0 saturated carbocycles. The summed E-state index contributed by atoms with van der Waals surface area (Å²) in [6.45, 7) is 0.716. The molecule has 0 aliphatic rings. The number of anilines is 1. The minimum Gasteiger partial charge on any atom is -0.330 e. The van der Waals surface area contributed by atoms with Crippen LogP contribution in [0.25, 0.3) is 10.7 Å². The Bertz CT molecular complexity index is 567. The van der Waals surface area contributed by atoms with E-state index in [0.29, 0.717) is 23.1 Å². The summed E-state index contributed by atoms with van der Waals surface area (Å²) in [5.41, 5.74) is 6.19. The van der Waals surface area contributed by atoms with Crippen LogP contribution in [0.2, 0.25) is 0 Å². The van der Waals surface area contributed by atoms with E-state index in [-0.39, 0.29) is 30.7 Å². The summed E-state index contributed by atoms with van der Waals surface area (Å²) >= 11 is 1.33. The fraction of sp³-hybridized carbons (Fsp3) is 0.429. The zero-order chi connectivity index (χ0) is 14.9. The summed E-state index contributed by atoms with van der Waals surface area (Å²) < 4.78 is 0. The first-order valence-corrected chi connectivity index (χ1v) is 7.86. The lowest BCUT2D eigenvalue weighted by molar-refractivity contribution is -0.116. The van der Waals surface area contributed by atoms with Crippen molar-refractivity contribution in [2.24, 2.45) is 5.73 Å². The molecule has 0 unspecified atom stereocenters. The minimum absolute atomic E-state index is 0. The number of unbranched alkanes of at least 4 members (excludes halogenated alkanes) is 3. The van der Waals surface area contributed by atoms with E-state index >= 15 is 0 Å². The zero-order valence-corrected chi connectivity index (χ0v) is 15.1. The molecule has 0 radical (unpaired) electrons. The average molecular weight is 378 g/mol. The average Bonchev–Trinajstić information content (AvgIpc) is 2.96. The Morgan fingerprint density at radius 3 is 2.61 bits per heavy atom. The first kappa shape index (κ1) is 21.7. The number of amides is 1. The molecule has 0 saturated heterocycles. The van der Waals surface area contributed by atoms with Crippen LogP contribution in [-0.4, -0.2) is 27.6 Å². The molecular weight excluding hydrogens is 357 g/mol. The molecule has 0 fully saturated rings. The molecule has 0 bridgehead atoms. The van der Waals surface area contributed by atoms with Crippen molar-refractivity contribution in [2.75, 3.05) is 11.9 Å². The van der Waals surface area contributed by atoms with Crippen molar-refractivity contribution < 1.29 is 4.79 Å². The van der Waals surface area contributed by atoms with E-state index < -0.39 is 0 Å². The summed E-state index contributed by atoms with van der Waals surface area (Å²) in [6, 6.07) is 5.60. The lowest BCUT2D eigenvalue weighted by Crippen LogP contribution is -2.10. The van der Waals surface area contributed by atoms with Gasteiger partial charge in [0.25, 0.3) is 0 Å². The largest absolute Gasteiger partial charge is 0.330 e. The molecule has 9 heteroatoms. The van der Waals surface area contributed by atoms with Crippen molar-refractivity contribution in [1.82, 2.24) is 15.2 Å². The number of carbonyl (C=O) groups is 1. The predicted octanol–water partition coefficient (Wildman–Crippen LogP) is 3.29. The maximum atomic E-state index is 11.8. The summed E-state index contributed by atoms with van der Waals surface area (Å²) in [4.78, 5) is 16.0. The highest BCUT2D eigenvalue weighted by atomic mass is 35.5. The van der Waals surface area contributed by atoms with E-state index in [0.717, 1.165) is 31.4 Å². The van der Waals surface area contributed by atoms with Crippen LogP contribution in [0, 0.1) is 0 Å². The molecule has 0 atom stereocenters. The van der Waals surface area contributed by atoms with Gasteiger partial charge in [-0.05, 0) is 31.5 Å². The molecule has 128 valence electrons. The second-order valence-electron chi connectivity index (χ2n) is 4.63. The van der Waals surface area contributed by atoms with Crippen LogP contribution >= 0.6 is 36.2 Å². The SMILES string of the molecule is Cl.Cl.NCCCCCCC(=O)Nc1nnc(-c2ccccn2)s1. The van der Waals surface area contributed by atoms with E-state index in [2.05, 4.69) is 20.5 Å². The molecule has 0 spiro atoms. The number of hydrogen-bond donors (Lipinski definition) is 2. The molecule has 2 aromatic rings. The summed E-state index contributed by atoms with van der Waals surface area (Å²) in [5, 5.41) is 12.0. The first-order chi connectivity index (χ1) is 10.3. The quantitative estimate of drug-likeness (QED) is 0.688. The van der Waals surface area contributed by atoms with Gasteiger partial charge >= 0.3 is 0 Å². The molecule has 0 aliphatic carbocycles. The van der Waals surface area contributed by atoms with Crippen molar-refractivity contribution in [3.63, 3.8) is 0 Å². The van der Waals surface area contributed by atoms with Crippen molar-refractivity contribution in [3.8, 4) is 10.7 Å². The van der Waals surface area contributed by atoms with Crippen molar-refractivity contribution >= 4 is 47.2 Å². The summed E-state index contributed by atoms with van der Waals surface area (Å²) in [5.74, 6) is -0.0218. The monoisotopic (exact) mass is 377 g/mol. The molecule has 6 nitrogen and oxygen atoms in total. The molecule has 3 N–H and O–H groups in total. The molecule has 2 rings (SSSR count). The summed E-state index contributed by atoms with van der Waals surface area (Å²) in [6.07, 6.45) is 6.20. The molecular formula is C14H21Cl2N5OS. The number of hydrogen-bond acceptors (Lipinski definition) is 6. The number of nitrogens with one attached hydrogen (secondary N) is 1. The van der Waals surface area contributed by atoms with E-state index in [9.17, 15) is 4.79 Å². The fourth-order valence-corrected chi connectivity index (χ4v) is 2.57. The zero-order valence-electron chi connectivity index (χ0n) is 12.6. The highest BCUT2D eigenvalue weighted by Crippen LogP contribution is 2.24. The van der Waals surface area contributed by atoms with Crippen LogP contribution in [0.15, 0.2) is 24.4 Å². The molecule has 0 aliphatic heterocycles. The van der Waals surface area contributed by atoms with Crippen molar-refractivity contribution in [2.45, 2.75) is 32.1 Å². The summed E-state index contributed by atoms with van der Waals surface area (Å²) in [7, 11) is 0. The van der Waals surface area contributed by atoms with Gasteiger partial charge in [-0.3, -0.25) is 9.78 Å². The Labute approximate surface area is 152 Å². The molecule has 2 heterocycles. The number of rotatable bonds is 8. The molecule has 23 heavy (non-hydrogen) atoms. The number of nitrogens with zero attached hydrogens (tertiary/aromatic N) is 3. The van der Waals surface area contributed by atoms with Gasteiger partial charge in [0, 0.05) is 12.6 Å². The van der Waals surface area contributed by atoms with Gasteiger partial charge in [-0.25, -0.2) is 0 Å². The second kappa shape index (κ2) is 12.2. The van der Waals surface area contributed by atoms with Crippen LogP contribution in [0.4, 0.5) is 5.13 Å². The first-order valence-electron chi connectivity index (χ1n) is 7.04. The third-order valence-corrected chi connectivity index (χ3v) is 3.77. The van der Waals surface area contributed by atoms with Crippen molar-refractivity contribution in [1.29, 1.82) is 0 Å². The van der Waals surface area contributed by atoms with Gasteiger partial charge in [0.1, 0.15) is 5.69 Å². The van der Waals surface area contributed by atoms with Crippen LogP contribution in [0.3, 0.4) is 0 Å². The number of pyridine rings is 1. The number of halogens is 2. The van der Waals surface area contributed by atoms with Crippen LogP contribution in [0.5, 0.6) is 0 Å². The van der Waals surface area contributed by atoms with Gasteiger partial charge in [0.2, 0.25) is 11.0 Å². The predicted molar refractivity (Wildman–Crippen MR) is 98.4 cm³/mol. The Morgan fingerprint density at radius 1 is 1.13 bits per heavy atom. The number of carbonyl (C=O) groups excluding carboxylic acids is 1. The normalized spacial score (nSPS) is 9.61. The number of aromatic nitrogens is 3. The van der Waals surface area contributed by atoms with E-state index in [4.69, 9.17) is 5.73 Å². The van der Waals surface area contributed by atoms with Gasteiger partial charge in [-0.15, -0.1) is 35.0 Å². The maximum absolute atomic E-state index is 11.8. The topological polar surface area (TPSA) is 93.8 Å². The molecule has 2 aromatic heterocycles. The lowest BCUT2D eigenvalue weighted by atomic mass is 10.1. The fourth-order valence-electron chi connectivity index (χ4n) is 1.83. The van der Waals surface area contributed by atoms with Gasteiger partial charge < -0.3 is 11.1 Å². The van der Waals surface area contributed by atoms with Gasteiger partial charge in [-0.1, -0.05) is 30.2 Å². The third-order valence-electron chi connectivity index (χ3n) is 2.91. The van der Waals surface area contributed by atoms with Gasteiger partial charge in [-0.2, -0.15) is 0 Å². The third kappa shape index (κ3) is 7.69. The Hall–Kier alpha value is -1.28. The van der Waals surface area contributed by atoms with Crippen LogP contribution in [0.1, 0.15) is 32.1 Å². The number of nitrogens with two attached hydrogens (primary N) is 1. The van der Waals surface area contributed by atoms with Gasteiger partial charge in [0.05, 0.1) is 0 Å². The van der Waals surface area contributed by atoms with Crippen LogP contribution in [-0.2, 0) is 4.79 Å². The Morgan fingerprint density at radius 2 is 1.91 bits per heavy atom. The maximum Gasteiger partial charge on any atom is 0.226 e. The highest BCUT2D eigenvalue weighted by molar-refractivity contribution is 7.18. The molecule has 1 amide bonds. The van der Waals surface area contributed by atoms with E-state index in [1.54, 1.807) is 6.20 Å². The smallest absolute Gasteiger partial charge is 0.226 e. The van der Waals surface area contributed by atoms with Gasteiger partial charge in [0.15, 0.2) is 5.01 Å². The van der Waals surface area contributed by atoms with Crippen LogP contribution < -0.4 is 11.1 Å².